The minimum atomic E-state index is 0.0650. The van der Waals surface area contributed by atoms with Gasteiger partial charge in [-0.3, -0.25) is 4.98 Å². The second kappa shape index (κ2) is 5.07. The number of nitrogens with zero attached hydrogens (tertiary/aromatic N) is 3. The van der Waals surface area contributed by atoms with Crippen molar-refractivity contribution in [1.82, 2.24) is 20.4 Å². The molecule has 0 aromatic carbocycles. The van der Waals surface area contributed by atoms with Crippen LogP contribution in [0.1, 0.15) is 23.9 Å². The van der Waals surface area contributed by atoms with E-state index < -0.39 is 0 Å². The summed E-state index contributed by atoms with van der Waals surface area (Å²) < 4.78 is 10.6. The number of hydrogen-bond donors (Lipinski definition) is 1. The Kier molecular flexibility index (Phi) is 3.27. The summed E-state index contributed by atoms with van der Waals surface area (Å²) in [4.78, 5) is 8.72. The molecule has 0 spiro atoms. The Balaban J connectivity index is 1.82. The Morgan fingerprint density at radius 3 is 3.11 bits per heavy atom. The van der Waals surface area contributed by atoms with Crippen LogP contribution < -0.4 is 5.32 Å². The molecule has 1 N–H and O–H groups in total. The fraction of sp³-hybridized carbons (Fsp3) is 0.462. The molecule has 0 saturated carbocycles. The minimum absolute atomic E-state index is 0.0650. The molecule has 0 aliphatic carbocycles. The summed E-state index contributed by atoms with van der Waals surface area (Å²) >= 11 is 0. The van der Waals surface area contributed by atoms with Crippen molar-refractivity contribution in [2.75, 3.05) is 13.7 Å². The molecule has 2 aromatic heterocycles. The van der Waals surface area contributed by atoms with Crippen LogP contribution in [0.15, 0.2) is 22.9 Å². The first-order valence-corrected chi connectivity index (χ1v) is 6.29. The van der Waals surface area contributed by atoms with Crippen LogP contribution in [0.4, 0.5) is 0 Å². The summed E-state index contributed by atoms with van der Waals surface area (Å²) in [5, 5.41) is 7.32. The highest BCUT2D eigenvalue weighted by atomic mass is 16.5. The maximum absolute atomic E-state index is 5.33. The third kappa shape index (κ3) is 2.36. The molecule has 100 valence electrons. The topological polar surface area (TPSA) is 73.1 Å². The Bertz CT molecular complexity index is 569. The molecule has 19 heavy (non-hydrogen) atoms. The zero-order valence-corrected chi connectivity index (χ0v) is 11.0. The number of rotatable bonds is 3. The van der Waals surface area contributed by atoms with E-state index in [4.69, 9.17) is 9.26 Å². The second-order valence-electron chi connectivity index (χ2n) is 4.68. The first-order valence-electron chi connectivity index (χ1n) is 6.29. The monoisotopic (exact) mass is 260 g/mol. The van der Waals surface area contributed by atoms with E-state index in [0.717, 1.165) is 24.2 Å². The Hall–Kier alpha value is -1.79. The maximum atomic E-state index is 5.33. The predicted octanol–water partition coefficient (Wildman–Crippen LogP) is 1.49. The van der Waals surface area contributed by atoms with Crippen molar-refractivity contribution in [1.29, 1.82) is 0 Å². The fourth-order valence-corrected chi connectivity index (χ4v) is 2.26. The molecular formula is C13H16N4O2. The van der Waals surface area contributed by atoms with Gasteiger partial charge in [-0.15, -0.1) is 0 Å². The zero-order chi connectivity index (χ0) is 13.2. The molecule has 1 aliphatic rings. The molecule has 6 heteroatoms. The molecule has 1 fully saturated rings. The van der Waals surface area contributed by atoms with E-state index in [2.05, 4.69) is 20.4 Å². The highest BCUT2D eigenvalue weighted by molar-refractivity contribution is 5.53. The number of nitrogens with one attached hydrogen (secondary N) is 1. The van der Waals surface area contributed by atoms with Crippen molar-refractivity contribution < 1.29 is 9.26 Å². The first-order chi connectivity index (χ1) is 9.28. The van der Waals surface area contributed by atoms with Crippen LogP contribution in [0.25, 0.3) is 11.5 Å². The van der Waals surface area contributed by atoms with Crippen molar-refractivity contribution in [2.24, 2.45) is 0 Å². The third-order valence-corrected chi connectivity index (χ3v) is 3.38. The molecule has 2 aromatic rings. The second-order valence-corrected chi connectivity index (χ2v) is 4.68. The lowest BCUT2D eigenvalue weighted by molar-refractivity contribution is 0.116. The Morgan fingerprint density at radius 1 is 1.47 bits per heavy atom. The van der Waals surface area contributed by atoms with Crippen LogP contribution in [0, 0.1) is 6.92 Å². The van der Waals surface area contributed by atoms with Crippen LogP contribution in [-0.4, -0.2) is 34.9 Å². The highest BCUT2D eigenvalue weighted by Crippen LogP contribution is 2.25. The largest absolute Gasteiger partial charge is 0.380 e. The van der Waals surface area contributed by atoms with Gasteiger partial charge in [-0.05, 0) is 25.0 Å². The summed E-state index contributed by atoms with van der Waals surface area (Å²) in [6.45, 7) is 2.79. The number of aromatic nitrogens is 3. The van der Waals surface area contributed by atoms with Crippen LogP contribution >= 0.6 is 0 Å². The number of ether oxygens (including phenoxy) is 1. The van der Waals surface area contributed by atoms with E-state index in [1.165, 1.54) is 0 Å². The average Bonchev–Trinajstić information content (AvgIpc) is 3.08. The van der Waals surface area contributed by atoms with E-state index >= 15 is 0 Å². The molecule has 3 rings (SSSR count). The lowest BCUT2D eigenvalue weighted by atomic mass is 10.2. The smallest absolute Gasteiger partial charge is 0.244 e. The number of pyridine rings is 1. The molecule has 0 amide bonds. The molecule has 2 atom stereocenters. The molecule has 3 heterocycles. The molecular weight excluding hydrogens is 244 g/mol. The van der Waals surface area contributed by atoms with Gasteiger partial charge in [0.05, 0.1) is 12.1 Å². The van der Waals surface area contributed by atoms with Gasteiger partial charge in [0.2, 0.25) is 11.7 Å². The summed E-state index contributed by atoms with van der Waals surface area (Å²) in [5.74, 6) is 1.13. The van der Waals surface area contributed by atoms with Crippen LogP contribution in [-0.2, 0) is 4.74 Å². The molecule has 1 aliphatic heterocycles. The average molecular weight is 260 g/mol. The number of aryl methyl sites for hydroxylation is 1. The quantitative estimate of drug-likeness (QED) is 0.901. The van der Waals surface area contributed by atoms with E-state index in [0.29, 0.717) is 11.7 Å². The van der Waals surface area contributed by atoms with Crippen molar-refractivity contribution >= 4 is 0 Å². The van der Waals surface area contributed by atoms with Crippen molar-refractivity contribution in [3.8, 4) is 11.5 Å². The molecule has 6 nitrogen and oxygen atoms in total. The van der Waals surface area contributed by atoms with E-state index in [-0.39, 0.29) is 12.1 Å². The minimum Gasteiger partial charge on any atom is -0.380 e. The summed E-state index contributed by atoms with van der Waals surface area (Å²) in [6.07, 6.45) is 2.78. The van der Waals surface area contributed by atoms with E-state index in [9.17, 15) is 0 Å². The predicted molar refractivity (Wildman–Crippen MR) is 68.4 cm³/mol. The zero-order valence-electron chi connectivity index (χ0n) is 11.0. The highest BCUT2D eigenvalue weighted by Gasteiger charge is 2.29. The summed E-state index contributed by atoms with van der Waals surface area (Å²) in [5.41, 5.74) is 1.79. The van der Waals surface area contributed by atoms with Crippen LogP contribution in [0.2, 0.25) is 0 Å². The third-order valence-electron chi connectivity index (χ3n) is 3.38. The first kappa shape index (κ1) is 12.3. The number of methoxy groups -OCH3 is 1. The van der Waals surface area contributed by atoms with Gasteiger partial charge in [-0.25, -0.2) is 0 Å². The fourth-order valence-electron chi connectivity index (χ4n) is 2.26. The molecule has 2 unspecified atom stereocenters. The SMILES string of the molecule is COC1CNC(c2nc(-c3ncccc3C)no2)C1. The van der Waals surface area contributed by atoms with Crippen molar-refractivity contribution in [3.05, 3.63) is 29.8 Å². The van der Waals surface area contributed by atoms with Gasteiger partial charge in [-0.1, -0.05) is 11.2 Å². The van der Waals surface area contributed by atoms with Crippen LogP contribution in [0.5, 0.6) is 0 Å². The van der Waals surface area contributed by atoms with Gasteiger partial charge in [0.1, 0.15) is 5.69 Å². The van der Waals surface area contributed by atoms with Gasteiger partial charge < -0.3 is 14.6 Å². The van der Waals surface area contributed by atoms with Gasteiger partial charge in [0.25, 0.3) is 0 Å². The Morgan fingerprint density at radius 2 is 2.37 bits per heavy atom. The summed E-state index contributed by atoms with van der Waals surface area (Å²) in [7, 11) is 1.71. The van der Waals surface area contributed by atoms with Gasteiger partial charge in [0.15, 0.2) is 0 Å². The van der Waals surface area contributed by atoms with Gasteiger partial charge >= 0.3 is 0 Å². The van der Waals surface area contributed by atoms with E-state index in [1.54, 1.807) is 13.3 Å². The van der Waals surface area contributed by atoms with Gasteiger partial charge in [-0.2, -0.15) is 4.98 Å². The molecule has 1 saturated heterocycles. The normalized spacial score (nSPS) is 22.8. The van der Waals surface area contributed by atoms with Crippen molar-refractivity contribution in [3.63, 3.8) is 0 Å². The van der Waals surface area contributed by atoms with Gasteiger partial charge in [0, 0.05) is 19.9 Å². The molecule has 0 bridgehead atoms. The standard InChI is InChI=1S/C13H16N4O2/c1-8-4-3-5-14-11(8)12-16-13(19-17-12)10-6-9(18-2)7-15-10/h3-5,9-10,15H,6-7H2,1-2H3. The number of hydrogen-bond acceptors (Lipinski definition) is 6. The maximum Gasteiger partial charge on any atom is 0.244 e. The van der Waals surface area contributed by atoms with E-state index in [1.807, 2.05) is 19.1 Å². The lowest BCUT2D eigenvalue weighted by Gasteiger charge is -2.04. The summed E-state index contributed by atoms with van der Waals surface area (Å²) in [6, 6.07) is 3.93. The lowest BCUT2D eigenvalue weighted by Crippen LogP contribution is -2.16. The van der Waals surface area contributed by atoms with Crippen LogP contribution in [0.3, 0.4) is 0 Å². The van der Waals surface area contributed by atoms with Crippen molar-refractivity contribution in [2.45, 2.75) is 25.5 Å². The Labute approximate surface area is 111 Å². The molecule has 0 radical (unpaired) electrons.